The summed E-state index contributed by atoms with van der Waals surface area (Å²) in [6.07, 6.45) is 1.94. The van der Waals surface area contributed by atoms with E-state index < -0.39 is 6.09 Å². The van der Waals surface area contributed by atoms with Crippen molar-refractivity contribution in [1.82, 2.24) is 20.8 Å². The molecule has 1 aliphatic heterocycles. The fourth-order valence-electron chi connectivity index (χ4n) is 4.50. The first-order valence-corrected chi connectivity index (χ1v) is 13.9. The second kappa shape index (κ2) is 15.5. The summed E-state index contributed by atoms with van der Waals surface area (Å²) in [5.41, 5.74) is 3.27. The number of rotatable bonds is 17. The molecule has 0 aromatic heterocycles. The van der Waals surface area contributed by atoms with Gasteiger partial charge in [-0.15, -0.1) is 0 Å². The van der Waals surface area contributed by atoms with Crippen LogP contribution in [0.15, 0.2) is 42.5 Å². The molecule has 2 aliphatic rings. The van der Waals surface area contributed by atoms with E-state index in [0.717, 1.165) is 46.4 Å². The van der Waals surface area contributed by atoms with Crippen molar-refractivity contribution in [3.63, 3.8) is 0 Å². The first-order valence-electron chi connectivity index (χ1n) is 13.9. The number of carbonyl (C=O) groups excluding carboxylic acids is 2. The number of nitrogens with one attached hydrogen (secondary N) is 5. The molecular weight excluding hydrogens is 542 g/mol. The summed E-state index contributed by atoms with van der Waals surface area (Å²) in [4.78, 5) is 23.7. The molecular formula is C30H39N5O7. The molecule has 0 saturated carbocycles. The molecule has 0 saturated heterocycles. The number of ether oxygens (including phenoxy) is 5. The lowest BCUT2D eigenvalue weighted by atomic mass is 10.1. The zero-order chi connectivity index (χ0) is 29.7. The van der Waals surface area contributed by atoms with Crippen LogP contribution in [0.1, 0.15) is 29.6 Å². The van der Waals surface area contributed by atoms with Crippen molar-refractivity contribution in [3.8, 4) is 22.8 Å². The Morgan fingerprint density at radius 1 is 0.786 bits per heavy atom. The number of methoxy groups -OCH3 is 3. The maximum atomic E-state index is 12.7. The maximum absolute atomic E-state index is 12.7. The normalized spacial score (nSPS) is 11.0. The van der Waals surface area contributed by atoms with Crippen LogP contribution in [-0.2, 0) is 14.2 Å². The van der Waals surface area contributed by atoms with Crippen molar-refractivity contribution in [2.75, 3.05) is 66.2 Å². The second-order valence-electron chi connectivity index (χ2n) is 9.52. The number of benzene rings is 2. The van der Waals surface area contributed by atoms with Gasteiger partial charge in [0.2, 0.25) is 0 Å². The lowest BCUT2D eigenvalue weighted by molar-refractivity contribution is 0.0455. The number of carbonyl (C=O) groups is 2. The van der Waals surface area contributed by atoms with E-state index in [2.05, 4.69) is 37.0 Å². The molecule has 0 atom stereocenters. The van der Waals surface area contributed by atoms with Gasteiger partial charge in [0, 0.05) is 48.5 Å². The number of aromatic amines is 2. The van der Waals surface area contributed by atoms with Crippen molar-refractivity contribution in [3.05, 3.63) is 48.0 Å². The molecule has 0 radical (unpaired) electrons. The van der Waals surface area contributed by atoms with Crippen LogP contribution in [0.3, 0.4) is 0 Å². The van der Waals surface area contributed by atoms with E-state index >= 15 is 0 Å². The van der Waals surface area contributed by atoms with Crippen LogP contribution < -0.4 is 25.4 Å². The fourth-order valence-corrected chi connectivity index (χ4v) is 4.50. The smallest absolute Gasteiger partial charge is 0.406 e. The number of fused-ring (bicyclic) bond motifs is 3. The molecule has 12 heteroatoms. The van der Waals surface area contributed by atoms with Gasteiger partial charge in [0.15, 0.2) is 11.5 Å². The van der Waals surface area contributed by atoms with Crippen molar-refractivity contribution in [1.29, 1.82) is 0 Å². The van der Waals surface area contributed by atoms with Crippen LogP contribution in [0.5, 0.6) is 11.5 Å². The average Bonchev–Trinajstić information content (AvgIpc) is 3.57. The number of alkyl carbamates (subject to hydrolysis) is 1. The van der Waals surface area contributed by atoms with E-state index in [1.807, 2.05) is 30.3 Å². The highest BCUT2D eigenvalue weighted by Crippen LogP contribution is 2.42. The molecule has 226 valence electrons. The van der Waals surface area contributed by atoms with Crippen LogP contribution in [0.25, 0.3) is 22.0 Å². The van der Waals surface area contributed by atoms with E-state index in [4.69, 9.17) is 18.9 Å². The third-order valence-corrected chi connectivity index (χ3v) is 6.66. The van der Waals surface area contributed by atoms with Gasteiger partial charge in [-0.25, -0.2) is 4.79 Å². The lowest BCUT2D eigenvalue weighted by Gasteiger charge is -2.09. The van der Waals surface area contributed by atoms with Crippen LogP contribution >= 0.6 is 0 Å². The maximum Gasteiger partial charge on any atom is 0.406 e. The summed E-state index contributed by atoms with van der Waals surface area (Å²) in [5, 5.41) is 17.4. The van der Waals surface area contributed by atoms with Gasteiger partial charge in [-0.05, 0) is 61.0 Å². The van der Waals surface area contributed by atoms with E-state index in [0.29, 0.717) is 63.0 Å². The van der Waals surface area contributed by atoms with Crippen molar-refractivity contribution >= 4 is 34.3 Å². The standard InChI is InChI=1S/C30H39N5O7/c1-38-25-18-21-17-24-27(23(21)19-26(25)39-2)34-35-28(24)33-22-9-6-8-20(16-22)29(36)31-11-7-13-42-15-14-41-12-5-4-10-32-30(37)40-3/h6,8-9,16-19,33-35H,4-5,7,10-15H2,1-3H3,(H,31,36)(H,32,37). The summed E-state index contributed by atoms with van der Waals surface area (Å²) in [6, 6.07) is 13.3. The van der Waals surface area contributed by atoms with Crippen molar-refractivity contribution in [2.45, 2.75) is 19.3 Å². The van der Waals surface area contributed by atoms with E-state index in [1.54, 1.807) is 20.3 Å². The summed E-state index contributed by atoms with van der Waals surface area (Å²) in [6.45, 7) is 3.20. The molecule has 0 spiro atoms. The Labute approximate surface area is 244 Å². The van der Waals surface area contributed by atoms with Gasteiger partial charge in [0.05, 0.1) is 40.2 Å². The predicted molar refractivity (Wildman–Crippen MR) is 160 cm³/mol. The van der Waals surface area contributed by atoms with Gasteiger partial charge in [0.25, 0.3) is 5.91 Å². The zero-order valence-electron chi connectivity index (χ0n) is 24.3. The van der Waals surface area contributed by atoms with Crippen molar-refractivity contribution < 1.29 is 33.3 Å². The summed E-state index contributed by atoms with van der Waals surface area (Å²) >= 11 is 0. The Morgan fingerprint density at radius 2 is 1.52 bits per heavy atom. The van der Waals surface area contributed by atoms with Gasteiger partial charge < -0.3 is 39.6 Å². The largest absolute Gasteiger partial charge is 0.493 e. The van der Waals surface area contributed by atoms with Crippen LogP contribution in [-0.4, -0.2) is 83.0 Å². The molecule has 12 nitrogen and oxygen atoms in total. The number of anilines is 2. The molecule has 2 aromatic carbocycles. The van der Waals surface area contributed by atoms with E-state index in [-0.39, 0.29) is 5.91 Å². The molecule has 42 heavy (non-hydrogen) atoms. The van der Waals surface area contributed by atoms with Gasteiger partial charge in [-0.3, -0.25) is 15.0 Å². The minimum Gasteiger partial charge on any atom is -0.493 e. The van der Waals surface area contributed by atoms with E-state index in [9.17, 15) is 9.59 Å². The third-order valence-electron chi connectivity index (χ3n) is 6.66. The minimum absolute atomic E-state index is 0.148. The molecule has 1 heterocycles. The highest BCUT2D eigenvalue weighted by molar-refractivity contribution is 6.05. The topological polar surface area (TPSA) is 148 Å². The highest BCUT2D eigenvalue weighted by atomic mass is 16.5. The first-order chi connectivity index (χ1) is 20.5. The highest BCUT2D eigenvalue weighted by Gasteiger charge is 2.19. The first kappa shape index (κ1) is 30.5. The lowest BCUT2D eigenvalue weighted by Crippen LogP contribution is -2.25. The molecule has 4 rings (SSSR count). The van der Waals surface area contributed by atoms with Gasteiger partial charge in [-0.1, -0.05) is 6.07 Å². The zero-order valence-corrected chi connectivity index (χ0v) is 24.3. The van der Waals surface area contributed by atoms with Crippen molar-refractivity contribution in [2.24, 2.45) is 0 Å². The molecule has 1 aliphatic carbocycles. The SMILES string of the molecule is COC(=O)NCCCCOCCOCCCNC(=O)c1cccc(Nc2[nH][nH]c3c4cc(OC)c(OC)cc4cc2-3)c1. The predicted octanol–water partition coefficient (Wildman–Crippen LogP) is 4.65. The molecule has 5 N–H and O–H groups in total. The summed E-state index contributed by atoms with van der Waals surface area (Å²) < 4.78 is 26.5. The second-order valence-corrected chi connectivity index (χ2v) is 9.52. The average molecular weight is 582 g/mol. The third kappa shape index (κ3) is 8.08. The minimum atomic E-state index is -0.421. The number of hydrogen-bond donors (Lipinski definition) is 5. The van der Waals surface area contributed by atoms with Crippen LogP contribution in [0.4, 0.5) is 16.3 Å². The van der Waals surface area contributed by atoms with Gasteiger partial charge in [0.1, 0.15) is 5.82 Å². The van der Waals surface area contributed by atoms with Crippen LogP contribution in [0, 0.1) is 0 Å². The monoisotopic (exact) mass is 581 g/mol. The van der Waals surface area contributed by atoms with E-state index in [1.165, 1.54) is 7.11 Å². The Hall–Kier alpha value is -4.42. The van der Waals surface area contributed by atoms with Crippen LogP contribution in [0.2, 0.25) is 0 Å². The summed E-state index contributed by atoms with van der Waals surface area (Å²) in [5.74, 6) is 1.97. The number of unbranched alkanes of at least 4 members (excludes halogenated alkanes) is 1. The Kier molecular flexibility index (Phi) is 11.3. The molecule has 0 bridgehead atoms. The Morgan fingerprint density at radius 3 is 2.29 bits per heavy atom. The fraction of sp³-hybridized carbons (Fsp3) is 0.400. The molecule has 0 fully saturated rings. The quantitative estimate of drug-likeness (QED) is 0.113. The number of amides is 2. The number of H-pyrrole nitrogens is 2. The number of aromatic nitrogens is 2. The Balaban J connectivity index is 1.16. The summed E-state index contributed by atoms with van der Waals surface area (Å²) in [7, 11) is 4.58. The Bertz CT molecular complexity index is 1420. The molecule has 2 aromatic rings. The molecule has 0 unspecified atom stereocenters. The van der Waals surface area contributed by atoms with Gasteiger partial charge in [-0.2, -0.15) is 0 Å². The number of hydrogen-bond acceptors (Lipinski definition) is 8. The van der Waals surface area contributed by atoms with Gasteiger partial charge >= 0.3 is 6.09 Å². The molecule has 2 amide bonds.